The van der Waals surface area contributed by atoms with Gasteiger partial charge in [0.25, 0.3) is 0 Å². The van der Waals surface area contributed by atoms with Crippen LogP contribution in [0.2, 0.25) is 0 Å². The maximum atomic E-state index is 12.5. The first-order valence-electron chi connectivity index (χ1n) is 7.24. The molecule has 1 atom stereocenters. The zero-order valence-corrected chi connectivity index (χ0v) is 14.2. The number of H-pyrrole nitrogens is 1. The van der Waals surface area contributed by atoms with Crippen molar-refractivity contribution in [3.63, 3.8) is 0 Å². The average molecular weight is 330 g/mol. The molecule has 0 unspecified atom stereocenters. The number of aromatic amines is 1. The lowest BCUT2D eigenvalue weighted by atomic mass is 10.2. The maximum absolute atomic E-state index is 12.5. The molecule has 0 aliphatic carbocycles. The quantitative estimate of drug-likeness (QED) is 0.771. The molecule has 2 amide bonds. The molecule has 0 bridgehead atoms. The summed E-state index contributed by atoms with van der Waals surface area (Å²) in [4.78, 5) is 19.8. The second-order valence-corrected chi connectivity index (χ2v) is 6.80. The van der Waals surface area contributed by atoms with E-state index in [9.17, 15) is 4.79 Å². The fraction of sp³-hybridized carbons (Fsp3) is 0.333. The Kier molecular flexibility index (Phi) is 3.99. The fourth-order valence-electron chi connectivity index (χ4n) is 2.46. The van der Waals surface area contributed by atoms with Crippen LogP contribution in [-0.2, 0) is 0 Å². The summed E-state index contributed by atoms with van der Waals surface area (Å²) >= 11 is 1.64. The average Bonchev–Trinajstić information content (AvgIpc) is 3.12. The third-order valence-corrected chi connectivity index (χ3v) is 4.73. The smallest absolute Gasteiger partial charge is 0.319 e. The zero-order chi connectivity index (χ0) is 16.6. The summed E-state index contributed by atoms with van der Waals surface area (Å²) < 4.78 is 0. The number of nitrogens with one attached hydrogen (secondary N) is 2. The molecular formula is C15H18N6OS. The number of para-hydroxylation sites is 1. The van der Waals surface area contributed by atoms with E-state index in [-0.39, 0.29) is 12.1 Å². The molecule has 2 aromatic heterocycles. The van der Waals surface area contributed by atoms with Crippen molar-refractivity contribution in [2.75, 3.05) is 12.4 Å². The molecule has 0 spiro atoms. The third-order valence-electron chi connectivity index (χ3n) is 3.83. The predicted molar refractivity (Wildman–Crippen MR) is 90.7 cm³/mol. The van der Waals surface area contributed by atoms with Crippen LogP contribution >= 0.6 is 11.3 Å². The molecule has 8 heteroatoms. The number of hydrogen-bond acceptors (Lipinski definition) is 5. The summed E-state index contributed by atoms with van der Waals surface area (Å²) in [6.07, 6.45) is 0. The summed E-state index contributed by atoms with van der Waals surface area (Å²) in [5.41, 5.74) is 2.92. The lowest BCUT2D eigenvalue weighted by molar-refractivity contribution is 0.207. The first-order chi connectivity index (χ1) is 11.0. The largest absolute Gasteiger partial charge is 0.322 e. The van der Waals surface area contributed by atoms with Crippen molar-refractivity contribution < 1.29 is 4.79 Å². The van der Waals surface area contributed by atoms with Crippen LogP contribution in [0.4, 0.5) is 10.5 Å². The molecule has 2 heterocycles. The first-order valence-corrected chi connectivity index (χ1v) is 8.06. The number of thiazole rings is 1. The monoisotopic (exact) mass is 330 g/mol. The van der Waals surface area contributed by atoms with E-state index >= 15 is 0 Å². The fourth-order valence-corrected chi connectivity index (χ4v) is 3.37. The number of nitrogens with zero attached hydrogens (tertiary/aromatic N) is 4. The van der Waals surface area contributed by atoms with Crippen molar-refractivity contribution in [2.24, 2.45) is 0 Å². The molecule has 0 aliphatic heterocycles. The highest BCUT2D eigenvalue weighted by atomic mass is 32.1. The van der Waals surface area contributed by atoms with Gasteiger partial charge in [-0.25, -0.2) is 9.78 Å². The topological polar surface area (TPSA) is 86.8 Å². The minimum Gasteiger partial charge on any atom is -0.319 e. The number of hydrogen-bond donors (Lipinski definition) is 2. The minimum atomic E-state index is -0.210. The molecular weight excluding hydrogens is 312 g/mol. The molecule has 2 N–H and O–H groups in total. The maximum Gasteiger partial charge on any atom is 0.322 e. The highest BCUT2D eigenvalue weighted by molar-refractivity contribution is 7.11. The van der Waals surface area contributed by atoms with Gasteiger partial charge in [0.1, 0.15) is 11.0 Å². The summed E-state index contributed by atoms with van der Waals surface area (Å²) in [6, 6.07) is 5.15. The molecule has 120 valence electrons. The van der Waals surface area contributed by atoms with Gasteiger partial charge in [0.15, 0.2) is 0 Å². The number of anilines is 1. The molecule has 7 nitrogen and oxygen atoms in total. The second kappa shape index (κ2) is 5.96. The Morgan fingerprint density at radius 3 is 2.83 bits per heavy atom. The van der Waals surface area contributed by atoms with Gasteiger partial charge in [-0.2, -0.15) is 15.4 Å². The number of aromatic nitrogens is 4. The zero-order valence-electron chi connectivity index (χ0n) is 13.4. The van der Waals surface area contributed by atoms with Crippen molar-refractivity contribution in [3.8, 4) is 0 Å². The molecule has 1 aromatic carbocycles. The van der Waals surface area contributed by atoms with Gasteiger partial charge in [-0.1, -0.05) is 6.07 Å². The number of rotatable bonds is 3. The molecule has 0 fully saturated rings. The van der Waals surface area contributed by atoms with Crippen molar-refractivity contribution in [3.05, 3.63) is 33.8 Å². The molecule has 3 aromatic rings. The predicted octanol–water partition coefficient (Wildman–Crippen LogP) is 3.26. The van der Waals surface area contributed by atoms with E-state index in [4.69, 9.17) is 0 Å². The van der Waals surface area contributed by atoms with Gasteiger partial charge < -0.3 is 10.2 Å². The standard InChI is InChI=1S/C15H18N6OS/c1-8(13-9(2)23-10(3)16-13)21(4)15(22)17-11-6-5-7-12-14(11)19-20-18-12/h5-8H,1-4H3,(H,17,22)(H,18,19,20)/t8-/m1/s1. The van der Waals surface area contributed by atoms with Gasteiger partial charge >= 0.3 is 6.03 Å². The second-order valence-electron chi connectivity index (χ2n) is 5.39. The Balaban J connectivity index is 1.80. The van der Waals surface area contributed by atoms with Gasteiger partial charge in [-0.05, 0) is 32.9 Å². The summed E-state index contributed by atoms with van der Waals surface area (Å²) in [5.74, 6) is 0. The first kappa shape index (κ1) is 15.4. The van der Waals surface area contributed by atoms with Gasteiger partial charge in [-0.3, -0.25) is 0 Å². The molecule has 3 rings (SSSR count). The number of fused-ring (bicyclic) bond motifs is 1. The number of urea groups is 1. The SMILES string of the molecule is Cc1nc([C@@H](C)N(C)C(=O)Nc2cccc3n[nH]nc23)c(C)s1. The van der Waals surface area contributed by atoms with Crippen molar-refractivity contribution >= 4 is 34.1 Å². The molecule has 23 heavy (non-hydrogen) atoms. The minimum absolute atomic E-state index is 0.114. The molecule has 0 radical (unpaired) electrons. The van der Waals surface area contributed by atoms with Gasteiger partial charge in [0.2, 0.25) is 0 Å². The van der Waals surface area contributed by atoms with Crippen LogP contribution in [0.15, 0.2) is 18.2 Å². The molecule has 0 aliphatic rings. The van der Waals surface area contributed by atoms with Crippen molar-refractivity contribution in [1.29, 1.82) is 0 Å². The highest BCUT2D eigenvalue weighted by Crippen LogP contribution is 2.27. The Labute approximate surface area is 137 Å². The number of aryl methyl sites for hydroxylation is 2. The third kappa shape index (κ3) is 2.89. The van der Waals surface area contributed by atoms with Gasteiger partial charge in [-0.15, -0.1) is 11.3 Å². The lowest BCUT2D eigenvalue weighted by Crippen LogP contribution is -2.34. The summed E-state index contributed by atoms with van der Waals surface area (Å²) in [6.45, 7) is 5.97. The molecule has 0 saturated heterocycles. The van der Waals surface area contributed by atoms with E-state index in [2.05, 4.69) is 25.7 Å². The number of benzene rings is 1. The van der Waals surface area contributed by atoms with Crippen LogP contribution in [0.25, 0.3) is 11.0 Å². The van der Waals surface area contributed by atoms with E-state index in [1.54, 1.807) is 29.4 Å². The van der Waals surface area contributed by atoms with E-state index in [1.807, 2.05) is 32.9 Å². The van der Waals surface area contributed by atoms with E-state index in [0.29, 0.717) is 16.7 Å². The number of carbonyl (C=O) groups is 1. The Morgan fingerprint density at radius 2 is 2.13 bits per heavy atom. The Morgan fingerprint density at radius 1 is 1.35 bits per heavy atom. The normalized spacial score (nSPS) is 12.3. The van der Waals surface area contributed by atoms with Crippen LogP contribution in [0.5, 0.6) is 0 Å². The van der Waals surface area contributed by atoms with Crippen molar-refractivity contribution in [1.82, 2.24) is 25.3 Å². The van der Waals surface area contributed by atoms with E-state index in [1.165, 1.54) is 0 Å². The van der Waals surface area contributed by atoms with E-state index in [0.717, 1.165) is 15.6 Å². The lowest BCUT2D eigenvalue weighted by Gasteiger charge is -2.24. The summed E-state index contributed by atoms with van der Waals surface area (Å²) in [5, 5.41) is 14.5. The Bertz CT molecular complexity index is 855. The van der Waals surface area contributed by atoms with Gasteiger partial charge in [0, 0.05) is 11.9 Å². The Hall–Kier alpha value is -2.48. The van der Waals surface area contributed by atoms with Crippen LogP contribution in [0.1, 0.15) is 28.5 Å². The van der Waals surface area contributed by atoms with Crippen LogP contribution in [-0.4, -0.2) is 38.4 Å². The van der Waals surface area contributed by atoms with Crippen LogP contribution in [0, 0.1) is 13.8 Å². The van der Waals surface area contributed by atoms with E-state index < -0.39 is 0 Å². The van der Waals surface area contributed by atoms with Crippen LogP contribution in [0.3, 0.4) is 0 Å². The highest BCUT2D eigenvalue weighted by Gasteiger charge is 2.22. The number of carbonyl (C=O) groups excluding carboxylic acids is 1. The van der Waals surface area contributed by atoms with Gasteiger partial charge in [0.05, 0.1) is 22.4 Å². The molecule has 0 saturated carbocycles. The number of amides is 2. The summed E-state index contributed by atoms with van der Waals surface area (Å²) in [7, 11) is 1.76. The van der Waals surface area contributed by atoms with Crippen LogP contribution < -0.4 is 5.32 Å². The van der Waals surface area contributed by atoms with Crippen molar-refractivity contribution in [2.45, 2.75) is 26.8 Å².